The molecule has 0 amide bonds. The maximum absolute atomic E-state index is 11.1. The number of pyridine rings is 1. The van der Waals surface area contributed by atoms with Gasteiger partial charge in [0.25, 0.3) is 0 Å². The zero-order valence-corrected chi connectivity index (χ0v) is 11.6. The van der Waals surface area contributed by atoms with E-state index >= 15 is 0 Å². The first-order valence-electron chi connectivity index (χ1n) is 6.45. The number of likely N-dealkylation sites (N-methyl/N-ethyl adjacent to an activating group) is 1. The quantitative estimate of drug-likeness (QED) is 0.649. The summed E-state index contributed by atoms with van der Waals surface area (Å²) >= 11 is 0. The van der Waals surface area contributed by atoms with Crippen LogP contribution in [0.15, 0.2) is 12.3 Å². The van der Waals surface area contributed by atoms with E-state index in [1.54, 1.807) is 0 Å². The second-order valence-electron chi connectivity index (χ2n) is 5.25. The summed E-state index contributed by atoms with van der Waals surface area (Å²) in [5, 5.41) is 23.1. The fourth-order valence-corrected chi connectivity index (χ4v) is 2.47. The van der Waals surface area contributed by atoms with Gasteiger partial charge < -0.3 is 10.2 Å². The lowest BCUT2D eigenvalue weighted by molar-refractivity contribution is -0.384. The molecule has 2 rings (SSSR count). The summed E-state index contributed by atoms with van der Waals surface area (Å²) in [4.78, 5) is 16.7. The molecule has 0 aliphatic heterocycles. The third kappa shape index (κ3) is 2.42. The number of aromatic nitrogens is 1. The first-order valence-corrected chi connectivity index (χ1v) is 6.45. The van der Waals surface area contributed by atoms with Crippen LogP contribution in [0.25, 0.3) is 0 Å². The molecule has 0 spiro atoms. The highest BCUT2D eigenvalue weighted by Gasteiger charge is 2.39. The van der Waals surface area contributed by atoms with E-state index in [0.717, 1.165) is 19.3 Å². The Hall–Kier alpha value is -2.20. The third-order valence-electron chi connectivity index (χ3n) is 4.05. The van der Waals surface area contributed by atoms with Crippen molar-refractivity contribution in [1.29, 1.82) is 5.26 Å². The highest BCUT2D eigenvalue weighted by molar-refractivity contribution is 5.64. The molecule has 0 aromatic carbocycles. The Bertz CT molecular complexity index is 560. The SMILES string of the molecule is CN(C)C1(CNc2nccc(C#N)c2[N+](=O)[O-])CCC1. The van der Waals surface area contributed by atoms with Gasteiger partial charge in [0, 0.05) is 18.3 Å². The molecule has 1 aromatic rings. The number of nitrogens with zero attached hydrogens (tertiary/aromatic N) is 4. The van der Waals surface area contributed by atoms with E-state index in [0.29, 0.717) is 6.54 Å². The van der Waals surface area contributed by atoms with Gasteiger partial charge in [-0.15, -0.1) is 0 Å². The summed E-state index contributed by atoms with van der Waals surface area (Å²) in [5.41, 5.74) is -0.193. The van der Waals surface area contributed by atoms with Crippen LogP contribution < -0.4 is 5.32 Å². The minimum absolute atomic E-state index is 0.0260. The van der Waals surface area contributed by atoms with Crippen LogP contribution in [-0.2, 0) is 0 Å². The molecule has 1 aliphatic carbocycles. The Labute approximate surface area is 117 Å². The molecule has 1 N–H and O–H groups in total. The van der Waals surface area contributed by atoms with Gasteiger partial charge >= 0.3 is 5.69 Å². The average molecular weight is 275 g/mol. The van der Waals surface area contributed by atoms with Gasteiger partial charge in [-0.1, -0.05) is 0 Å². The number of nitriles is 1. The minimum atomic E-state index is -0.559. The molecule has 0 bridgehead atoms. The molecule has 1 aliphatic rings. The first-order chi connectivity index (χ1) is 9.50. The van der Waals surface area contributed by atoms with Crippen molar-refractivity contribution in [2.75, 3.05) is 26.0 Å². The highest BCUT2D eigenvalue weighted by Crippen LogP contribution is 2.37. The molecule has 0 unspecified atom stereocenters. The largest absolute Gasteiger partial charge is 0.362 e. The van der Waals surface area contributed by atoms with Crippen LogP contribution in [0.4, 0.5) is 11.5 Å². The van der Waals surface area contributed by atoms with E-state index in [-0.39, 0.29) is 22.6 Å². The smallest absolute Gasteiger partial charge is 0.328 e. The molecule has 0 atom stereocenters. The number of hydrogen-bond donors (Lipinski definition) is 1. The van der Waals surface area contributed by atoms with E-state index < -0.39 is 4.92 Å². The van der Waals surface area contributed by atoms with Crippen molar-refractivity contribution in [3.05, 3.63) is 27.9 Å². The predicted molar refractivity (Wildman–Crippen MR) is 74.4 cm³/mol. The van der Waals surface area contributed by atoms with Crippen LogP contribution in [0.2, 0.25) is 0 Å². The lowest BCUT2D eigenvalue weighted by atomic mass is 9.75. The molecule has 106 valence electrons. The number of nitro groups is 1. The highest BCUT2D eigenvalue weighted by atomic mass is 16.6. The monoisotopic (exact) mass is 275 g/mol. The average Bonchev–Trinajstić information content (AvgIpc) is 2.36. The molecule has 1 saturated carbocycles. The molecule has 7 heteroatoms. The molecular weight excluding hydrogens is 258 g/mol. The lowest BCUT2D eigenvalue weighted by Gasteiger charge is -2.47. The van der Waals surface area contributed by atoms with Gasteiger partial charge in [-0.25, -0.2) is 4.98 Å². The molecule has 7 nitrogen and oxygen atoms in total. The van der Waals surface area contributed by atoms with Crippen molar-refractivity contribution in [2.45, 2.75) is 24.8 Å². The number of hydrogen-bond acceptors (Lipinski definition) is 6. The number of nitrogens with one attached hydrogen (secondary N) is 1. The Morgan fingerprint density at radius 3 is 2.75 bits per heavy atom. The summed E-state index contributed by atoms with van der Waals surface area (Å²) in [6.45, 7) is 0.586. The van der Waals surface area contributed by atoms with E-state index in [1.807, 2.05) is 20.2 Å². The molecule has 1 heterocycles. The normalized spacial score (nSPS) is 16.3. The first kappa shape index (κ1) is 14.2. The predicted octanol–water partition coefficient (Wildman–Crippen LogP) is 1.76. The number of anilines is 1. The molecule has 0 radical (unpaired) electrons. The Balaban J connectivity index is 2.22. The maximum atomic E-state index is 11.1. The Morgan fingerprint density at radius 1 is 1.60 bits per heavy atom. The summed E-state index contributed by atoms with van der Waals surface area (Å²) in [6, 6.07) is 3.19. The van der Waals surface area contributed by atoms with Crippen molar-refractivity contribution in [2.24, 2.45) is 0 Å². The van der Waals surface area contributed by atoms with E-state index in [4.69, 9.17) is 5.26 Å². The van der Waals surface area contributed by atoms with Gasteiger partial charge in [0.15, 0.2) is 0 Å². The van der Waals surface area contributed by atoms with Crippen LogP contribution >= 0.6 is 0 Å². The Morgan fingerprint density at radius 2 is 2.30 bits per heavy atom. The molecule has 0 saturated heterocycles. The third-order valence-corrected chi connectivity index (χ3v) is 4.05. The van der Waals surface area contributed by atoms with Gasteiger partial charge in [0.05, 0.1) is 4.92 Å². The summed E-state index contributed by atoms with van der Waals surface area (Å²) in [6.07, 6.45) is 4.68. The van der Waals surface area contributed by atoms with Gasteiger partial charge in [-0.2, -0.15) is 5.26 Å². The summed E-state index contributed by atoms with van der Waals surface area (Å²) in [5.74, 6) is 0.169. The van der Waals surface area contributed by atoms with Gasteiger partial charge in [0.2, 0.25) is 5.82 Å². The van der Waals surface area contributed by atoms with Crippen LogP contribution in [0.5, 0.6) is 0 Å². The van der Waals surface area contributed by atoms with Crippen molar-refractivity contribution >= 4 is 11.5 Å². The van der Waals surface area contributed by atoms with Crippen LogP contribution in [0, 0.1) is 21.4 Å². The summed E-state index contributed by atoms with van der Waals surface area (Å²) < 4.78 is 0. The van der Waals surface area contributed by atoms with E-state index in [2.05, 4.69) is 15.2 Å². The summed E-state index contributed by atoms with van der Waals surface area (Å²) in [7, 11) is 4.02. The standard InChI is InChI=1S/C13H17N5O2/c1-17(2)13(5-3-6-13)9-16-12-11(18(19)20)10(8-14)4-7-15-12/h4,7H,3,5-6,9H2,1-2H3,(H,15,16). The second-order valence-corrected chi connectivity index (χ2v) is 5.25. The van der Waals surface area contributed by atoms with Crippen molar-refractivity contribution in [3.63, 3.8) is 0 Å². The zero-order valence-electron chi connectivity index (χ0n) is 11.6. The van der Waals surface area contributed by atoms with Gasteiger partial charge in [-0.05, 0) is 39.4 Å². The fraction of sp³-hybridized carbons (Fsp3) is 0.538. The lowest BCUT2D eigenvalue weighted by Crippen LogP contribution is -2.54. The van der Waals surface area contributed by atoms with Crippen LogP contribution in [0.3, 0.4) is 0 Å². The number of rotatable bonds is 5. The van der Waals surface area contributed by atoms with Crippen molar-refractivity contribution < 1.29 is 4.92 Å². The van der Waals surface area contributed by atoms with E-state index in [9.17, 15) is 10.1 Å². The van der Waals surface area contributed by atoms with Crippen LogP contribution in [0.1, 0.15) is 24.8 Å². The molecular formula is C13H17N5O2. The van der Waals surface area contributed by atoms with E-state index in [1.165, 1.54) is 12.3 Å². The van der Waals surface area contributed by atoms with Crippen LogP contribution in [-0.4, -0.2) is 41.0 Å². The molecule has 1 aromatic heterocycles. The van der Waals surface area contributed by atoms with Crippen molar-refractivity contribution in [3.8, 4) is 6.07 Å². The minimum Gasteiger partial charge on any atom is -0.362 e. The van der Waals surface area contributed by atoms with Crippen molar-refractivity contribution in [1.82, 2.24) is 9.88 Å². The van der Waals surface area contributed by atoms with Gasteiger partial charge in [-0.3, -0.25) is 10.1 Å². The second kappa shape index (κ2) is 5.43. The maximum Gasteiger partial charge on any atom is 0.328 e. The van der Waals surface area contributed by atoms with Gasteiger partial charge in [0.1, 0.15) is 11.6 Å². The zero-order chi connectivity index (χ0) is 14.8. The molecule has 20 heavy (non-hydrogen) atoms. The fourth-order valence-electron chi connectivity index (χ4n) is 2.47. The topological polar surface area (TPSA) is 95.1 Å². The molecule has 1 fully saturated rings. The Kier molecular flexibility index (Phi) is 3.86.